The Bertz CT molecular complexity index is 252. The fourth-order valence-electron chi connectivity index (χ4n) is 0.790. The van der Waals surface area contributed by atoms with Crippen LogP contribution in [0.5, 0.6) is 0 Å². The Morgan fingerprint density at radius 2 is 2.00 bits per heavy atom. The van der Waals surface area contributed by atoms with Crippen molar-refractivity contribution in [1.82, 2.24) is 0 Å². The molecule has 1 rings (SSSR count). The first-order valence-corrected chi connectivity index (χ1v) is 4.58. The normalized spacial score (nSPS) is 10.1. The first-order valence-electron chi connectivity index (χ1n) is 2.99. The predicted molar refractivity (Wildman–Crippen MR) is 52.2 cm³/mol. The molecule has 60 valence electrons. The Labute approximate surface area is 81.7 Å². The lowest BCUT2D eigenvalue weighted by atomic mass is 10.2. The lowest BCUT2D eigenvalue weighted by Gasteiger charge is -2.05. The van der Waals surface area contributed by atoms with Gasteiger partial charge in [0.1, 0.15) is 0 Å². The smallest absolute Gasteiger partial charge is 0.0713 e. The number of nitrogens with two attached hydrogens (primary N) is 1. The van der Waals surface area contributed by atoms with Crippen molar-refractivity contribution < 1.29 is 5.11 Å². The van der Waals surface area contributed by atoms with Crippen molar-refractivity contribution in [3.8, 4) is 0 Å². The van der Waals surface area contributed by atoms with Gasteiger partial charge in [-0.15, -0.1) is 0 Å². The van der Waals surface area contributed by atoms with E-state index < -0.39 is 0 Å². The minimum Gasteiger partial charge on any atom is -0.398 e. The van der Waals surface area contributed by atoms with Gasteiger partial charge >= 0.3 is 0 Å². The van der Waals surface area contributed by atoms with Crippen LogP contribution in [0.15, 0.2) is 21.1 Å². The Morgan fingerprint density at radius 1 is 1.36 bits per heavy atom. The molecule has 0 radical (unpaired) electrons. The van der Waals surface area contributed by atoms with Crippen LogP contribution in [0.3, 0.4) is 0 Å². The molecule has 1 aromatic carbocycles. The van der Waals surface area contributed by atoms with E-state index in [-0.39, 0.29) is 6.61 Å². The largest absolute Gasteiger partial charge is 0.398 e. The van der Waals surface area contributed by atoms with Crippen molar-refractivity contribution in [3.63, 3.8) is 0 Å². The zero-order chi connectivity index (χ0) is 8.43. The van der Waals surface area contributed by atoms with E-state index in [4.69, 9.17) is 10.8 Å². The summed E-state index contributed by atoms with van der Waals surface area (Å²) in [4.78, 5) is 0. The number of aliphatic hydroxyl groups excluding tert-OH is 1. The van der Waals surface area contributed by atoms with Gasteiger partial charge in [0.05, 0.1) is 6.61 Å². The SMILES string of the molecule is Nc1cc(Br)cc(Br)c1CO. The van der Waals surface area contributed by atoms with Crippen molar-refractivity contribution in [2.45, 2.75) is 6.61 Å². The molecule has 0 aliphatic rings. The van der Waals surface area contributed by atoms with Crippen LogP contribution in [0.25, 0.3) is 0 Å². The molecular formula is C7H7Br2NO. The minimum atomic E-state index is -0.0420. The second-order valence-corrected chi connectivity index (χ2v) is 3.88. The van der Waals surface area contributed by atoms with Gasteiger partial charge in [0.25, 0.3) is 0 Å². The monoisotopic (exact) mass is 279 g/mol. The number of hydrogen-bond donors (Lipinski definition) is 2. The molecule has 11 heavy (non-hydrogen) atoms. The maximum atomic E-state index is 8.86. The average Bonchev–Trinajstić information content (AvgIpc) is 1.85. The fourth-order valence-corrected chi connectivity index (χ4v) is 2.17. The number of aliphatic hydroxyl groups is 1. The predicted octanol–water partition coefficient (Wildman–Crippen LogP) is 2.29. The number of anilines is 1. The summed E-state index contributed by atoms with van der Waals surface area (Å²) >= 11 is 6.57. The molecule has 0 amide bonds. The summed E-state index contributed by atoms with van der Waals surface area (Å²) in [5, 5.41) is 8.86. The van der Waals surface area contributed by atoms with E-state index in [0.717, 1.165) is 14.5 Å². The number of benzene rings is 1. The van der Waals surface area contributed by atoms with Crippen LogP contribution in [0.4, 0.5) is 5.69 Å². The summed E-state index contributed by atoms with van der Waals surface area (Å²) < 4.78 is 1.73. The molecule has 1 aromatic rings. The van der Waals surface area contributed by atoms with Crippen molar-refractivity contribution in [2.75, 3.05) is 5.73 Å². The third-order valence-corrected chi connectivity index (χ3v) is 2.52. The Morgan fingerprint density at radius 3 is 2.45 bits per heavy atom. The molecule has 3 N–H and O–H groups in total. The highest BCUT2D eigenvalue weighted by atomic mass is 79.9. The van der Waals surface area contributed by atoms with Crippen molar-refractivity contribution in [2.24, 2.45) is 0 Å². The topological polar surface area (TPSA) is 46.2 Å². The summed E-state index contributed by atoms with van der Waals surface area (Å²) in [5.74, 6) is 0. The van der Waals surface area contributed by atoms with Crippen LogP contribution >= 0.6 is 31.9 Å². The van der Waals surface area contributed by atoms with Gasteiger partial charge in [-0.2, -0.15) is 0 Å². The number of nitrogen functional groups attached to an aromatic ring is 1. The molecule has 0 saturated heterocycles. The molecule has 0 fully saturated rings. The van der Waals surface area contributed by atoms with Crippen LogP contribution in [0.1, 0.15) is 5.56 Å². The molecule has 0 unspecified atom stereocenters. The maximum Gasteiger partial charge on any atom is 0.0713 e. The summed E-state index contributed by atoms with van der Waals surface area (Å²) in [5.41, 5.74) is 6.93. The quantitative estimate of drug-likeness (QED) is 0.776. The first-order chi connectivity index (χ1) is 5.15. The molecule has 4 heteroatoms. The summed E-state index contributed by atoms with van der Waals surface area (Å²) in [6.07, 6.45) is 0. The maximum absolute atomic E-state index is 8.86. The first kappa shape index (κ1) is 9.03. The van der Waals surface area contributed by atoms with Crippen LogP contribution in [-0.2, 0) is 6.61 Å². The van der Waals surface area contributed by atoms with Gasteiger partial charge in [0, 0.05) is 20.2 Å². The molecule has 0 aliphatic carbocycles. The Balaban J connectivity index is 3.25. The highest BCUT2D eigenvalue weighted by Gasteiger charge is 2.03. The van der Waals surface area contributed by atoms with Gasteiger partial charge in [0.2, 0.25) is 0 Å². The number of halogens is 2. The van der Waals surface area contributed by atoms with E-state index in [2.05, 4.69) is 31.9 Å². The third kappa shape index (κ3) is 1.95. The van der Waals surface area contributed by atoms with Gasteiger partial charge in [0.15, 0.2) is 0 Å². The zero-order valence-corrected chi connectivity index (χ0v) is 8.81. The molecule has 0 aromatic heterocycles. The van der Waals surface area contributed by atoms with Crippen LogP contribution in [-0.4, -0.2) is 5.11 Å². The van der Waals surface area contributed by atoms with E-state index in [0.29, 0.717) is 5.69 Å². The Hall–Kier alpha value is -0.0600. The molecule has 0 heterocycles. The molecule has 2 nitrogen and oxygen atoms in total. The molecule has 0 spiro atoms. The van der Waals surface area contributed by atoms with E-state index in [1.807, 2.05) is 6.07 Å². The lowest BCUT2D eigenvalue weighted by molar-refractivity contribution is 0.282. The molecular weight excluding hydrogens is 274 g/mol. The lowest BCUT2D eigenvalue weighted by Crippen LogP contribution is -1.95. The van der Waals surface area contributed by atoms with Crippen molar-refractivity contribution in [3.05, 3.63) is 26.6 Å². The summed E-state index contributed by atoms with van der Waals surface area (Å²) in [6, 6.07) is 3.61. The third-order valence-electron chi connectivity index (χ3n) is 1.35. The standard InChI is InChI=1S/C7H7Br2NO/c8-4-1-6(9)5(3-11)7(10)2-4/h1-2,11H,3,10H2. The fraction of sp³-hybridized carbons (Fsp3) is 0.143. The van der Waals surface area contributed by atoms with Crippen LogP contribution < -0.4 is 5.73 Å². The van der Waals surface area contributed by atoms with Crippen LogP contribution in [0, 0.1) is 0 Å². The zero-order valence-electron chi connectivity index (χ0n) is 5.64. The molecule has 0 bridgehead atoms. The number of hydrogen-bond acceptors (Lipinski definition) is 2. The Kier molecular flexibility index (Phi) is 2.92. The van der Waals surface area contributed by atoms with E-state index in [1.54, 1.807) is 6.07 Å². The minimum absolute atomic E-state index is 0.0420. The molecule has 0 atom stereocenters. The van der Waals surface area contributed by atoms with Gasteiger partial charge in [-0.3, -0.25) is 0 Å². The second kappa shape index (κ2) is 3.56. The average molecular weight is 281 g/mol. The molecule has 0 saturated carbocycles. The second-order valence-electron chi connectivity index (χ2n) is 2.11. The van der Waals surface area contributed by atoms with E-state index in [9.17, 15) is 0 Å². The van der Waals surface area contributed by atoms with Crippen molar-refractivity contribution >= 4 is 37.5 Å². The van der Waals surface area contributed by atoms with E-state index >= 15 is 0 Å². The van der Waals surface area contributed by atoms with Gasteiger partial charge < -0.3 is 10.8 Å². The van der Waals surface area contributed by atoms with Gasteiger partial charge in [-0.1, -0.05) is 31.9 Å². The molecule has 0 aliphatic heterocycles. The number of rotatable bonds is 1. The van der Waals surface area contributed by atoms with Crippen molar-refractivity contribution in [1.29, 1.82) is 0 Å². The van der Waals surface area contributed by atoms with Gasteiger partial charge in [-0.05, 0) is 12.1 Å². The van der Waals surface area contributed by atoms with E-state index in [1.165, 1.54) is 0 Å². The van der Waals surface area contributed by atoms with Crippen LogP contribution in [0.2, 0.25) is 0 Å². The highest BCUT2D eigenvalue weighted by Crippen LogP contribution is 2.27. The summed E-state index contributed by atoms with van der Waals surface area (Å²) in [6.45, 7) is -0.0420. The van der Waals surface area contributed by atoms with Gasteiger partial charge in [-0.25, -0.2) is 0 Å². The highest BCUT2D eigenvalue weighted by molar-refractivity contribution is 9.11. The summed E-state index contributed by atoms with van der Waals surface area (Å²) in [7, 11) is 0.